The van der Waals surface area contributed by atoms with Crippen LogP contribution >= 0.6 is 23.4 Å². The third-order valence-electron chi connectivity index (χ3n) is 3.83. The summed E-state index contributed by atoms with van der Waals surface area (Å²) in [6, 6.07) is 11.3. The summed E-state index contributed by atoms with van der Waals surface area (Å²) >= 11 is 7.38. The number of ether oxygens (including phenoxy) is 1. The van der Waals surface area contributed by atoms with Gasteiger partial charge in [-0.2, -0.15) is 13.2 Å². The van der Waals surface area contributed by atoms with Gasteiger partial charge < -0.3 is 20.5 Å². The lowest BCUT2D eigenvalue weighted by molar-refractivity contribution is -0.242. The molecular formula is C19H18ClF3N2O4S. The van der Waals surface area contributed by atoms with Crippen LogP contribution in [0.5, 0.6) is 0 Å². The van der Waals surface area contributed by atoms with Gasteiger partial charge in [-0.1, -0.05) is 23.4 Å². The first-order chi connectivity index (χ1) is 13.9. The van der Waals surface area contributed by atoms with Crippen LogP contribution < -0.4 is 10.6 Å². The topological polar surface area (TPSA) is 87.7 Å². The molecule has 2 aromatic carbocycles. The molecule has 1 atom stereocenters. The zero-order valence-electron chi connectivity index (χ0n) is 15.8. The third-order valence-corrected chi connectivity index (χ3v) is 5.14. The molecule has 0 bridgehead atoms. The molecule has 0 aliphatic carbocycles. The van der Waals surface area contributed by atoms with Crippen LogP contribution in [0.15, 0.2) is 52.3 Å². The molecule has 0 aliphatic heterocycles. The molecule has 0 saturated heterocycles. The van der Waals surface area contributed by atoms with Gasteiger partial charge >= 0.3 is 6.18 Å². The first-order valence-electron chi connectivity index (χ1n) is 8.41. The second-order valence-electron chi connectivity index (χ2n) is 6.27. The smallest absolute Gasteiger partial charge is 0.375 e. The highest BCUT2D eigenvalue weighted by Gasteiger charge is 2.55. The summed E-state index contributed by atoms with van der Waals surface area (Å²) in [4.78, 5) is 24.7. The van der Waals surface area contributed by atoms with E-state index < -0.39 is 17.7 Å². The number of anilines is 2. The first-order valence-corrected chi connectivity index (χ1v) is 9.60. The number of aliphatic hydroxyl groups is 1. The number of methoxy groups -OCH3 is 1. The quantitative estimate of drug-likeness (QED) is 0.570. The summed E-state index contributed by atoms with van der Waals surface area (Å²) in [6.07, 6.45) is -5.13. The number of hydrogen-bond acceptors (Lipinski definition) is 5. The number of benzene rings is 2. The molecule has 0 aliphatic rings. The normalized spacial score (nSPS) is 13.4. The predicted molar refractivity (Wildman–Crippen MR) is 108 cm³/mol. The summed E-state index contributed by atoms with van der Waals surface area (Å²) < 4.78 is 43.0. The van der Waals surface area contributed by atoms with E-state index in [1.54, 1.807) is 30.3 Å². The highest BCUT2D eigenvalue weighted by Crippen LogP contribution is 2.35. The van der Waals surface area contributed by atoms with Gasteiger partial charge in [-0.15, -0.1) is 0 Å². The van der Waals surface area contributed by atoms with E-state index in [2.05, 4.69) is 5.32 Å². The molecule has 2 aromatic rings. The Morgan fingerprint density at radius 3 is 2.23 bits per heavy atom. The largest absolute Gasteiger partial charge is 0.426 e. The Morgan fingerprint density at radius 1 is 1.10 bits per heavy atom. The van der Waals surface area contributed by atoms with Gasteiger partial charge in [0.15, 0.2) is 0 Å². The summed E-state index contributed by atoms with van der Waals surface area (Å²) in [5.41, 5.74) is -3.02. The Kier molecular flexibility index (Phi) is 7.75. The highest BCUT2D eigenvalue weighted by atomic mass is 35.5. The van der Waals surface area contributed by atoms with Crippen LogP contribution in [0, 0.1) is 0 Å². The van der Waals surface area contributed by atoms with E-state index in [9.17, 15) is 27.9 Å². The van der Waals surface area contributed by atoms with E-state index in [1.807, 2.05) is 5.32 Å². The van der Waals surface area contributed by atoms with Crippen molar-refractivity contribution in [3.05, 3.63) is 47.5 Å². The summed E-state index contributed by atoms with van der Waals surface area (Å²) in [6.45, 7) is 0.304. The molecule has 0 unspecified atom stereocenters. The monoisotopic (exact) mass is 462 g/mol. The van der Waals surface area contributed by atoms with Crippen molar-refractivity contribution in [2.45, 2.75) is 28.5 Å². The number of carbonyl (C=O) groups is 2. The molecule has 0 fully saturated rings. The van der Waals surface area contributed by atoms with Gasteiger partial charge in [0.05, 0.1) is 10.7 Å². The van der Waals surface area contributed by atoms with Crippen molar-refractivity contribution >= 4 is 46.6 Å². The van der Waals surface area contributed by atoms with Crippen molar-refractivity contribution in [1.82, 2.24) is 0 Å². The van der Waals surface area contributed by atoms with E-state index in [0.29, 0.717) is 17.5 Å². The van der Waals surface area contributed by atoms with E-state index in [4.69, 9.17) is 16.3 Å². The maximum Gasteiger partial charge on any atom is 0.426 e. The maximum absolute atomic E-state index is 12.8. The van der Waals surface area contributed by atoms with Gasteiger partial charge in [0.2, 0.25) is 11.5 Å². The number of carbonyl (C=O) groups excluding carboxylic acids is 2. The molecule has 2 rings (SSSR count). The van der Waals surface area contributed by atoms with Crippen molar-refractivity contribution in [2.24, 2.45) is 0 Å². The predicted octanol–water partition coefficient (Wildman–Crippen LogP) is 4.33. The lowest BCUT2D eigenvalue weighted by Crippen LogP contribution is -2.52. The minimum absolute atomic E-state index is 0.00905. The highest BCUT2D eigenvalue weighted by molar-refractivity contribution is 7.99. The summed E-state index contributed by atoms with van der Waals surface area (Å²) in [7, 11) is 1.42. The summed E-state index contributed by atoms with van der Waals surface area (Å²) in [5.74, 6) is -1.92. The molecular weight excluding hydrogens is 445 g/mol. The van der Waals surface area contributed by atoms with E-state index in [-0.39, 0.29) is 23.2 Å². The van der Waals surface area contributed by atoms with Crippen LogP contribution in [0.3, 0.4) is 0 Å². The molecule has 162 valence electrons. The molecule has 6 nitrogen and oxygen atoms in total. The molecule has 30 heavy (non-hydrogen) atoms. The fraction of sp³-hybridized carbons (Fsp3) is 0.263. The number of hydrogen-bond donors (Lipinski definition) is 3. The Hall–Kier alpha value is -2.27. The van der Waals surface area contributed by atoms with Gasteiger partial charge in [0.1, 0.15) is 6.61 Å². The fourth-order valence-corrected chi connectivity index (χ4v) is 3.25. The molecule has 0 saturated carbocycles. The van der Waals surface area contributed by atoms with Crippen molar-refractivity contribution < 1.29 is 32.6 Å². The number of amides is 2. The Morgan fingerprint density at radius 2 is 1.70 bits per heavy atom. The Balaban J connectivity index is 2.05. The molecule has 0 heterocycles. The van der Waals surface area contributed by atoms with Gasteiger partial charge in [0, 0.05) is 22.6 Å². The van der Waals surface area contributed by atoms with E-state index in [1.165, 1.54) is 31.0 Å². The van der Waals surface area contributed by atoms with Crippen LogP contribution in [0.25, 0.3) is 0 Å². The zero-order chi connectivity index (χ0) is 22.5. The van der Waals surface area contributed by atoms with Gasteiger partial charge in [-0.25, -0.2) is 0 Å². The van der Waals surface area contributed by atoms with Crippen LogP contribution in [0.2, 0.25) is 5.02 Å². The van der Waals surface area contributed by atoms with Crippen LogP contribution in [0.1, 0.15) is 6.92 Å². The second-order valence-corrected chi connectivity index (χ2v) is 7.83. The summed E-state index contributed by atoms with van der Waals surface area (Å²) in [5, 5.41) is 14.1. The Labute approximate surface area is 179 Å². The number of nitrogens with one attached hydrogen (secondary N) is 2. The average Bonchev–Trinajstić information content (AvgIpc) is 2.64. The minimum atomic E-state index is -5.13. The van der Waals surface area contributed by atoms with Crippen molar-refractivity contribution in [3.8, 4) is 0 Å². The van der Waals surface area contributed by atoms with Crippen LogP contribution in [-0.2, 0) is 14.3 Å². The molecule has 0 radical (unpaired) electrons. The second kappa shape index (κ2) is 9.69. The average molecular weight is 463 g/mol. The fourth-order valence-electron chi connectivity index (χ4n) is 2.10. The van der Waals surface area contributed by atoms with Gasteiger partial charge in [-0.05, 0) is 49.4 Å². The van der Waals surface area contributed by atoms with Crippen LogP contribution in [0.4, 0.5) is 24.5 Å². The number of rotatable bonds is 7. The molecule has 3 N–H and O–H groups in total. The SMILES string of the molecule is COCC(=O)Nc1ccc(Sc2ccc(NC(=O)[C@@](C)(O)C(F)(F)F)c(Cl)c2)cc1. The van der Waals surface area contributed by atoms with Gasteiger partial charge in [0.25, 0.3) is 5.91 Å². The third kappa shape index (κ3) is 6.11. The lowest BCUT2D eigenvalue weighted by atomic mass is 10.1. The standard InChI is InChI=1S/C19H18ClF3N2O4S/c1-18(28,19(21,22)23)17(27)25-15-8-7-13(9-14(15)20)30-12-5-3-11(4-6-12)24-16(26)10-29-2/h3-9,28H,10H2,1-2H3,(H,24,26)(H,25,27)/t18-/m1/s1. The van der Waals surface area contributed by atoms with Crippen molar-refractivity contribution in [3.63, 3.8) is 0 Å². The van der Waals surface area contributed by atoms with E-state index >= 15 is 0 Å². The van der Waals surface area contributed by atoms with Crippen molar-refractivity contribution in [2.75, 3.05) is 24.4 Å². The molecule has 11 heteroatoms. The molecule has 0 spiro atoms. The molecule has 2 amide bonds. The zero-order valence-corrected chi connectivity index (χ0v) is 17.4. The number of halogens is 4. The Bertz CT molecular complexity index is 921. The minimum Gasteiger partial charge on any atom is -0.375 e. The van der Waals surface area contributed by atoms with E-state index in [0.717, 1.165) is 4.90 Å². The van der Waals surface area contributed by atoms with Gasteiger partial charge in [-0.3, -0.25) is 9.59 Å². The van der Waals surface area contributed by atoms with Crippen LogP contribution in [-0.4, -0.2) is 42.4 Å². The lowest BCUT2D eigenvalue weighted by Gasteiger charge is -2.25. The first kappa shape index (κ1) is 24.0. The maximum atomic E-state index is 12.8. The molecule has 0 aromatic heterocycles. The number of alkyl halides is 3. The van der Waals surface area contributed by atoms with Crippen molar-refractivity contribution in [1.29, 1.82) is 0 Å².